The molecule has 31 heavy (non-hydrogen) atoms. The minimum absolute atomic E-state index is 0.130. The van der Waals surface area contributed by atoms with Crippen molar-refractivity contribution in [3.63, 3.8) is 0 Å². The summed E-state index contributed by atoms with van der Waals surface area (Å²) in [5, 5.41) is 2.86. The predicted octanol–water partition coefficient (Wildman–Crippen LogP) is 2.78. The number of hydrogen-bond acceptors (Lipinski definition) is 5. The van der Waals surface area contributed by atoms with Gasteiger partial charge < -0.3 is 14.8 Å². The van der Waals surface area contributed by atoms with Crippen LogP contribution in [-0.4, -0.2) is 51.5 Å². The Morgan fingerprint density at radius 1 is 1.10 bits per heavy atom. The van der Waals surface area contributed by atoms with Crippen LogP contribution in [0.1, 0.15) is 30.0 Å². The van der Waals surface area contributed by atoms with Crippen molar-refractivity contribution < 1.29 is 22.7 Å². The first-order chi connectivity index (χ1) is 15.0. The lowest BCUT2D eigenvalue weighted by atomic mass is 10.0. The molecular formula is C23H28N2O5S. The molecule has 1 N–H and O–H groups in total. The summed E-state index contributed by atoms with van der Waals surface area (Å²) in [6, 6.07) is 10.8. The Bertz CT molecular complexity index is 1060. The number of morpholine rings is 1. The molecular weight excluding hydrogens is 416 g/mol. The van der Waals surface area contributed by atoms with E-state index in [4.69, 9.17) is 9.47 Å². The molecule has 0 saturated carbocycles. The van der Waals surface area contributed by atoms with E-state index in [0.717, 1.165) is 24.8 Å². The second kappa shape index (κ2) is 9.38. The minimum atomic E-state index is -3.67. The third kappa shape index (κ3) is 4.92. The topological polar surface area (TPSA) is 84.9 Å². The zero-order valence-corrected chi connectivity index (χ0v) is 18.5. The van der Waals surface area contributed by atoms with Gasteiger partial charge in [-0.2, -0.15) is 4.31 Å². The number of sulfonamides is 1. The maximum Gasteiger partial charge on any atom is 0.243 e. The summed E-state index contributed by atoms with van der Waals surface area (Å²) >= 11 is 0. The third-order valence-electron chi connectivity index (χ3n) is 5.66. The fraction of sp³-hybridized carbons (Fsp3) is 0.435. The van der Waals surface area contributed by atoms with Gasteiger partial charge in [0.15, 0.2) is 0 Å². The number of nitrogens with zero attached hydrogens (tertiary/aromatic N) is 1. The molecule has 1 heterocycles. The molecule has 8 heteroatoms. The summed E-state index contributed by atoms with van der Waals surface area (Å²) in [6.45, 7) is 3.63. The molecule has 1 aliphatic carbocycles. The van der Waals surface area contributed by atoms with Crippen molar-refractivity contribution in [3.05, 3.63) is 53.1 Å². The molecule has 0 unspecified atom stereocenters. The van der Waals surface area contributed by atoms with E-state index in [-0.39, 0.29) is 17.2 Å². The van der Waals surface area contributed by atoms with Gasteiger partial charge in [0.25, 0.3) is 0 Å². The van der Waals surface area contributed by atoms with Gasteiger partial charge in [0.2, 0.25) is 15.9 Å². The van der Waals surface area contributed by atoms with E-state index in [1.165, 1.54) is 27.6 Å². The van der Waals surface area contributed by atoms with Crippen LogP contribution in [0.4, 0.5) is 5.69 Å². The van der Waals surface area contributed by atoms with Crippen molar-refractivity contribution in [1.82, 2.24) is 4.31 Å². The zero-order valence-electron chi connectivity index (χ0n) is 17.7. The number of carbonyl (C=O) groups excluding carboxylic acids is 1. The average Bonchev–Trinajstić information content (AvgIpc) is 3.23. The first-order valence-electron chi connectivity index (χ1n) is 10.7. The number of ether oxygens (including phenoxy) is 2. The SMILES string of the molecule is CCOc1ccc(S(=O)(=O)N2CCOCC2)cc1NC(=O)Cc1ccc2c(c1)CCC2. The number of rotatable bonds is 7. The Labute approximate surface area is 183 Å². The van der Waals surface area contributed by atoms with E-state index in [2.05, 4.69) is 17.4 Å². The highest BCUT2D eigenvalue weighted by Crippen LogP contribution is 2.30. The first kappa shape index (κ1) is 21.8. The zero-order chi connectivity index (χ0) is 21.8. The van der Waals surface area contributed by atoms with Gasteiger partial charge in [0.05, 0.1) is 36.8 Å². The van der Waals surface area contributed by atoms with Crippen LogP contribution in [0.25, 0.3) is 0 Å². The highest BCUT2D eigenvalue weighted by molar-refractivity contribution is 7.89. The van der Waals surface area contributed by atoms with E-state index in [1.54, 1.807) is 6.07 Å². The molecule has 0 bridgehead atoms. The highest BCUT2D eigenvalue weighted by atomic mass is 32.2. The Balaban J connectivity index is 1.54. The summed E-state index contributed by atoms with van der Waals surface area (Å²) in [5.74, 6) is 0.241. The maximum absolute atomic E-state index is 13.0. The molecule has 4 rings (SSSR count). The van der Waals surface area contributed by atoms with Crippen LogP contribution in [0.5, 0.6) is 5.75 Å². The lowest BCUT2D eigenvalue weighted by Gasteiger charge is -2.26. The van der Waals surface area contributed by atoms with Gasteiger partial charge >= 0.3 is 0 Å². The highest BCUT2D eigenvalue weighted by Gasteiger charge is 2.27. The van der Waals surface area contributed by atoms with E-state index in [0.29, 0.717) is 44.3 Å². The molecule has 0 spiro atoms. The molecule has 7 nitrogen and oxygen atoms in total. The van der Waals surface area contributed by atoms with Gasteiger partial charge in [0, 0.05) is 13.1 Å². The van der Waals surface area contributed by atoms with Gasteiger partial charge in [-0.1, -0.05) is 18.2 Å². The maximum atomic E-state index is 13.0. The van der Waals surface area contributed by atoms with E-state index < -0.39 is 10.0 Å². The molecule has 1 amide bonds. The van der Waals surface area contributed by atoms with Gasteiger partial charge in [-0.3, -0.25) is 4.79 Å². The van der Waals surface area contributed by atoms with E-state index in [1.807, 2.05) is 13.0 Å². The van der Waals surface area contributed by atoms with Crippen LogP contribution in [-0.2, 0) is 38.8 Å². The summed E-state index contributed by atoms with van der Waals surface area (Å²) in [5.41, 5.74) is 4.00. The van der Waals surface area contributed by atoms with Gasteiger partial charge in [-0.25, -0.2) is 8.42 Å². The third-order valence-corrected chi connectivity index (χ3v) is 7.56. The Kier molecular flexibility index (Phi) is 6.60. The van der Waals surface area contributed by atoms with Crippen molar-refractivity contribution in [2.24, 2.45) is 0 Å². The smallest absolute Gasteiger partial charge is 0.243 e. The number of amides is 1. The largest absolute Gasteiger partial charge is 0.492 e. The summed E-state index contributed by atoms with van der Waals surface area (Å²) in [7, 11) is -3.67. The van der Waals surface area contributed by atoms with Crippen molar-refractivity contribution in [1.29, 1.82) is 0 Å². The summed E-state index contributed by atoms with van der Waals surface area (Å²) in [4.78, 5) is 12.9. The molecule has 1 aliphatic heterocycles. The number of nitrogens with one attached hydrogen (secondary N) is 1. The van der Waals surface area contributed by atoms with E-state index in [9.17, 15) is 13.2 Å². The van der Waals surface area contributed by atoms with Crippen LogP contribution in [0.3, 0.4) is 0 Å². The average molecular weight is 445 g/mol. The quantitative estimate of drug-likeness (QED) is 0.710. The molecule has 1 saturated heterocycles. The van der Waals surface area contributed by atoms with Crippen LogP contribution in [0, 0.1) is 0 Å². The van der Waals surface area contributed by atoms with Crippen molar-refractivity contribution in [2.45, 2.75) is 37.5 Å². The molecule has 2 aliphatic rings. The molecule has 0 radical (unpaired) electrons. The molecule has 2 aromatic rings. The number of carbonyl (C=O) groups is 1. The van der Waals surface area contributed by atoms with E-state index >= 15 is 0 Å². The standard InChI is InChI=1S/C23H28N2O5S/c1-2-30-22-9-8-20(31(27,28)25-10-12-29-13-11-25)16-21(22)24-23(26)15-17-6-7-18-4-3-5-19(18)14-17/h6-9,14,16H,2-5,10-13,15H2,1H3,(H,24,26). The van der Waals surface area contributed by atoms with Crippen molar-refractivity contribution >= 4 is 21.6 Å². The first-order valence-corrected chi connectivity index (χ1v) is 12.2. The molecule has 2 aromatic carbocycles. The fourth-order valence-corrected chi connectivity index (χ4v) is 5.53. The summed E-state index contributed by atoms with van der Waals surface area (Å²) < 4.78 is 38.3. The summed E-state index contributed by atoms with van der Waals surface area (Å²) in [6.07, 6.45) is 3.54. The minimum Gasteiger partial charge on any atom is -0.492 e. The van der Waals surface area contributed by atoms with Crippen molar-refractivity contribution in [2.75, 3.05) is 38.2 Å². The molecule has 0 atom stereocenters. The van der Waals surface area contributed by atoms with Crippen molar-refractivity contribution in [3.8, 4) is 5.75 Å². The number of anilines is 1. The van der Waals surface area contributed by atoms with Gasteiger partial charge in [-0.15, -0.1) is 0 Å². The Morgan fingerprint density at radius 3 is 2.65 bits per heavy atom. The van der Waals surface area contributed by atoms with Gasteiger partial charge in [-0.05, 0) is 61.1 Å². The van der Waals surface area contributed by atoms with Crippen LogP contribution in [0.15, 0.2) is 41.3 Å². The Hall–Kier alpha value is -2.42. The second-order valence-electron chi connectivity index (χ2n) is 7.79. The van der Waals surface area contributed by atoms with Crippen LogP contribution < -0.4 is 10.1 Å². The molecule has 166 valence electrons. The number of aryl methyl sites for hydroxylation is 2. The fourth-order valence-electron chi connectivity index (χ4n) is 4.10. The number of benzene rings is 2. The molecule has 0 aromatic heterocycles. The molecule has 1 fully saturated rings. The lowest BCUT2D eigenvalue weighted by molar-refractivity contribution is -0.115. The number of hydrogen-bond donors (Lipinski definition) is 1. The van der Waals surface area contributed by atoms with Crippen LogP contribution in [0.2, 0.25) is 0 Å². The van der Waals surface area contributed by atoms with Gasteiger partial charge in [0.1, 0.15) is 5.75 Å². The monoisotopic (exact) mass is 444 g/mol. The normalized spacial score (nSPS) is 16.7. The van der Waals surface area contributed by atoms with Crippen LogP contribution >= 0.6 is 0 Å². The second-order valence-corrected chi connectivity index (χ2v) is 9.73. The number of fused-ring (bicyclic) bond motifs is 1. The lowest BCUT2D eigenvalue weighted by Crippen LogP contribution is -2.40. The predicted molar refractivity (Wildman–Crippen MR) is 118 cm³/mol. The Morgan fingerprint density at radius 2 is 1.87 bits per heavy atom.